The van der Waals surface area contributed by atoms with Crippen molar-refractivity contribution in [3.8, 4) is 0 Å². The largest absolute Gasteiger partial charge is 0.355 e. The van der Waals surface area contributed by atoms with Crippen LogP contribution in [0.2, 0.25) is 0 Å². The molecule has 128 valence electrons. The summed E-state index contributed by atoms with van der Waals surface area (Å²) in [4.78, 5) is 28.9. The van der Waals surface area contributed by atoms with E-state index in [1.54, 1.807) is 20.3 Å². The number of carbonyl (C=O) groups excluding carboxylic acids is 1. The quantitative estimate of drug-likeness (QED) is 0.853. The molecule has 1 aliphatic heterocycles. The van der Waals surface area contributed by atoms with Gasteiger partial charge in [-0.25, -0.2) is 9.97 Å². The van der Waals surface area contributed by atoms with E-state index in [0.717, 1.165) is 37.7 Å². The van der Waals surface area contributed by atoms with Crippen molar-refractivity contribution >= 4 is 11.7 Å². The van der Waals surface area contributed by atoms with Gasteiger partial charge in [-0.2, -0.15) is 0 Å². The fourth-order valence-corrected chi connectivity index (χ4v) is 3.14. The van der Waals surface area contributed by atoms with Gasteiger partial charge in [-0.1, -0.05) is 0 Å². The van der Waals surface area contributed by atoms with Gasteiger partial charge in [0.1, 0.15) is 17.3 Å². The number of amides is 1. The minimum Gasteiger partial charge on any atom is -0.355 e. The van der Waals surface area contributed by atoms with Gasteiger partial charge in [-0.15, -0.1) is 0 Å². The van der Waals surface area contributed by atoms with Gasteiger partial charge in [0.05, 0.1) is 12.4 Å². The molecule has 1 saturated heterocycles. The standard InChI is InChI=1S/C17H24N6O/c1-13-19-6-8-22(13)11-14-5-4-7-23(12-14)16-10-18-9-15(20-16)17(24)21(2)3/h6,8-10,14H,4-5,7,11-12H2,1-3H3/t14-/m0/s1. The Hall–Kier alpha value is -2.44. The fraction of sp³-hybridized carbons (Fsp3) is 0.529. The van der Waals surface area contributed by atoms with Crippen LogP contribution < -0.4 is 4.90 Å². The van der Waals surface area contributed by atoms with Crippen molar-refractivity contribution in [1.82, 2.24) is 24.4 Å². The van der Waals surface area contributed by atoms with Crippen LogP contribution in [-0.4, -0.2) is 57.5 Å². The predicted molar refractivity (Wildman–Crippen MR) is 92.0 cm³/mol. The molecule has 7 heteroatoms. The van der Waals surface area contributed by atoms with Crippen LogP contribution in [0.15, 0.2) is 24.8 Å². The number of rotatable bonds is 4. The molecular formula is C17H24N6O. The highest BCUT2D eigenvalue weighted by Gasteiger charge is 2.23. The van der Waals surface area contributed by atoms with E-state index in [-0.39, 0.29) is 5.91 Å². The van der Waals surface area contributed by atoms with Crippen molar-refractivity contribution in [3.05, 3.63) is 36.3 Å². The Morgan fingerprint density at radius 3 is 2.92 bits per heavy atom. The number of anilines is 1. The molecule has 1 fully saturated rings. The third kappa shape index (κ3) is 3.55. The summed E-state index contributed by atoms with van der Waals surface area (Å²) in [6.07, 6.45) is 9.46. The minimum absolute atomic E-state index is 0.119. The fourth-order valence-electron chi connectivity index (χ4n) is 3.14. The molecule has 2 aromatic rings. The molecule has 0 bridgehead atoms. The first kappa shape index (κ1) is 16.4. The van der Waals surface area contributed by atoms with Crippen LogP contribution in [0, 0.1) is 12.8 Å². The maximum Gasteiger partial charge on any atom is 0.273 e. The zero-order chi connectivity index (χ0) is 17.1. The van der Waals surface area contributed by atoms with E-state index >= 15 is 0 Å². The first-order valence-corrected chi connectivity index (χ1v) is 8.31. The highest BCUT2D eigenvalue weighted by Crippen LogP contribution is 2.23. The summed E-state index contributed by atoms with van der Waals surface area (Å²) in [5.41, 5.74) is 0.394. The molecule has 2 aromatic heterocycles. The van der Waals surface area contributed by atoms with E-state index in [1.165, 1.54) is 17.5 Å². The van der Waals surface area contributed by atoms with E-state index in [9.17, 15) is 4.79 Å². The highest BCUT2D eigenvalue weighted by atomic mass is 16.2. The Morgan fingerprint density at radius 1 is 1.38 bits per heavy atom. The topological polar surface area (TPSA) is 67.2 Å². The second-order valence-corrected chi connectivity index (χ2v) is 6.54. The smallest absolute Gasteiger partial charge is 0.273 e. The van der Waals surface area contributed by atoms with Gasteiger partial charge in [0.2, 0.25) is 0 Å². The third-order valence-electron chi connectivity index (χ3n) is 4.47. The number of hydrogen-bond donors (Lipinski definition) is 0. The number of aromatic nitrogens is 4. The molecule has 0 N–H and O–H groups in total. The van der Waals surface area contributed by atoms with Crippen LogP contribution in [0.5, 0.6) is 0 Å². The molecule has 1 atom stereocenters. The van der Waals surface area contributed by atoms with Gasteiger partial charge >= 0.3 is 0 Å². The molecule has 0 aliphatic carbocycles. The third-order valence-corrected chi connectivity index (χ3v) is 4.47. The Balaban J connectivity index is 1.71. The number of imidazole rings is 1. The molecule has 0 aromatic carbocycles. The SMILES string of the molecule is Cc1nccn1C[C@@H]1CCCN(c2cncc(C(=O)N(C)C)n2)C1. The summed E-state index contributed by atoms with van der Waals surface area (Å²) in [6, 6.07) is 0. The van der Waals surface area contributed by atoms with Gasteiger partial charge in [0.15, 0.2) is 0 Å². The highest BCUT2D eigenvalue weighted by molar-refractivity contribution is 5.91. The van der Waals surface area contributed by atoms with E-state index in [2.05, 4.69) is 24.4 Å². The van der Waals surface area contributed by atoms with Crippen LogP contribution in [0.3, 0.4) is 0 Å². The summed E-state index contributed by atoms with van der Waals surface area (Å²) < 4.78 is 2.20. The van der Waals surface area contributed by atoms with Crippen LogP contribution in [0.1, 0.15) is 29.2 Å². The zero-order valence-electron chi connectivity index (χ0n) is 14.5. The molecule has 1 amide bonds. The Kier molecular flexibility index (Phi) is 4.78. The normalized spacial score (nSPS) is 17.8. The predicted octanol–water partition coefficient (Wildman–Crippen LogP) is 1.60. The number of carbonyl (C=O) groups is 1. The Labute approximate surface area is 142 Å². The minimum atomic E-state index is -0.119. The van der Waals surface area contributed by atoms with Crippen LogP contribution in [0.4, 0.5) is 5.82 Å². The van der Waals surface area contributed by atoms with Crippen LogP contribution in [0.25, 0.3) is 0 Å². The molecule has 24 heavy (non-hydrogen) atoms. The lowest BCUT2D eigenvalue weighted by Gasteiger charge is -2.33. The molecule has 0 unspecified atom stereocenters. The van der Waals surface area contributed by atoms with Gasteiger partial charge < -0.3 is 14.4 Å². The molecule has 7 nitrogen and oxygen atoms in total. The molecule has 0 saturated carbocycles. The van der Waals surface area contributed by atoms with Crippen LogP contribution in [-0.2, 0) is 6.54 Å². The van der Waals surface area contributed by atoms with Crippen molar-refractivity contribution in [3.63, 3.8) is 0 Å². The van der Waals surface area contributed by atoms with Gasteiger partial charge in [-0.05, 0) is 25.7 Å². The lowest BCUT2D eigenvalue weighted by atomic mass is 9.98. The maximum absolute atomic E-state index is 12.1. The van der Waals surface area contributed by atoms with Crippen LogP contribution >= 0.6 is 0 Å². The Morgan fingerprint density at radius 2 is 2.21 bits per heavy atom. The van der Waals surface area contributed by atoms with Crippen molar-refractivity contribution in [2.75, 3.05) is 32.1 Å². The first-order valence-electron chi connectivity index (χ1n) is 8.31. The molecule has 0 spiro atoms. The lowest BCUT2D eigenvalue weighted by Crippen LogP contribution is -2.38. The van der Waals surface area contributed by atoms with Gasteiger partial charge in [0, 0.05) is 46.1 Å². The van der Waals surface area contributed by atoms with E-state index < -0.39 is 0 Å². The average Bonchev–Trinajstić information content (AvgIpc) is 2.99. The maximum atomic E-state index is 12.1. The summed E-state index contributed by atoms with van der Waals surface area (Å²) in [5, 5.41) is 0. The Bertz CT molecular complexity index is 711. The van der Waals surface area contributed by atoms with Crippen molar-refractivity contribution in [1.29, 1.82) is 0 Å². The second-order valence-electron chi connectivity index (χ2n) is 6.54. The van der Waals surface area contributed by atoms with Gasteiger partial charge in [0.25, 0.3) is 5.91 Å². The van der Waals surface area contributed by atoms with E-state index in [0.29, 0.717) is 11.6 Å². The van der Waals surface area contributed by atoms with Crippen molar-refractivity contribution in [2.24, 2.45) is 5.92 Å². The summed E-state index contributed by atoms with van der Waals surface area (Å²) in [7, 11) is 3.45. The molecule has 3 heterocycles. The second kappa shape index (κ2) is 6.98. The molecule has 1 aliphatic rings. The summed E-state index contributed by atoms with van der Waals surface area (Å²) >= 11 is 0. The lowest BCUT2D eigenvalue weighted by molar-refractivity contribution is 0.0821. The number of piperidine rings is 1. The average molecular weight is 328 g/mol. The zero-order valence-corrected chi connectivity index (χ0v) is 14.5. The number of aryl methyl sites for hydroxylation is 1. The van der Waals surface area contributed by atoms with Crippen molar-refractivity contribution < 1.29 is 4.79 Å². The van der Waals surface area contributed by atoms with E-state index in [4.69, 9.17) is 0 Å². The number of nitrogens with zero attached hydrogens (tertiary/aromatic N) is 6. The summed E-state index contributed by atoms with van der Waals surface area (Å²) in [5.74, 6) is 2.26. The summed E-state index contributed by atoms with van der Waals surface area (Å²) in [6.45, 7) is 4.87. The number of hydrogen-bond acceptors (Lipinski definition) is 5. The van der Waals surface area contributed by atoms with Crippen molar-refractivity contribution in [2.45, 2.75) is 26.3 Å². The van der Waals surface area contributed by atoms with E-state index in [1.807, 2.05) is 19.3 Å². The molecular weight excluding hydrogens is 304 g/mol. The monoisotopic (exact) mass is 328 g/mol. The first-order chi connectivity index (χ1) is 11.5. The molecule has 0 radical (unpaired) electrons. The van der Waals surface area contributed by atoms with Gasteiger partial charge in [-0.3, -0.25) is 9.78 Å². The molecule has 3 rings (SSSR count).